The minimum atomic E-state index is -0.441. The van der Waals surface area contributed by atoms with E-state index in [2.05, 4.69) is 34.5 Å². The van der Waals surface area contributed by atoms with Gasteiger partial charge in [-0.3, -0.25) is 4.90 Å². The summed E-state index contributed by atoms with van der Waals surface area (Å²) in [5.41, 5.74) is 4.64. The molecule has 0 unspecified atom stereocenters. The van der Waals surface area contributed by atoms with E-state index >= 15 is 0 Å². The van der Waals surface area contributed by atoms with Crippen molar-refractivity contribution in [2.45, 2.75) is 19.4 Å². The Bertz CT molecular complexity index is 966. The Hall–Kier alpha value is -2.82. The minimum Gasteiger partial charge on any atom is -0.410 e. The molecule has 0 atom stereocenters. The maximum Gasteiger partial charge on any atom is 0.412 e. The van der Waals surface area contributed by atoms with Gasteiger partial charge in [0.05, 0.1) is 0 Å². The van der Waals surface area contributed by atoms with Crippen LogP contribution in [0, 0.1) is 0 Å². The first-order valence-corrected chi connectivity index (χ1v) is 10.7. The van der Waals surface area contributed by atoms with Gasteiger partial charge in [-0.15, -0.1) is 0 Å². The first-order chi connectivity index (χ1) is 14.7. The Labute approximate surface area is 182 Å². The monoisotopic (exact) mass is 420 g/mol. The SMILES string of the molecule is O=C(NCCc1ccc(CN2CCC2)cc1)Oc1ccc(-c2ccc(Cl)cc2)cc1. The van der Waals surface area contributed by atoms with Crippen LogP contribution in [-0.2, 0) is 13.0 Å². The number of carbonyl (C=O) groups excluding carboxylic acids is 1. The molecule has 0 bridgehead atoms. The Morgan fingerprint density at radius 3 is 2.07 bits per heavy atom. The van der Waals surface area contributed by atoms with Crippen LogP contribution in [0.5, 0.6) is 5.75 Å². The molecule has 1 aliphatic rings. The van der Waals surface area contributed by atoms with Crippen LogP contribution < -0.4 is 10.1 Å². The highest BCUT2D eigenvalue weighted by molar-refractivity contribution is 6.30. The zero-order valence-electron chi connectivity index (χ0n) is 16.8. The molecular weight excluding hydrogens is 396 g/mol. The molecule has 0 spiro atoms. The topological polar surface area (TPSA) is 41.6 Å². The summed E-state index contributed by atoms with van der Waals surface area (Å²) in [6, 6.07) is 23.7. The summed E-state index contributed by atoms with van der Waals surface area (Å²) in [6.45, 7) is 3.98. The van der Waals surface area contributed by atoms with Gasteiger partial charge in [0.2, 0.25) is 0 Å². The number of halogens is 1. The van der Waals surface area contributed by atoms with Crippen LogP contribution in [0.4, 0.5) is 4.79 Å². The fourth-order valence-corrected chi connectivity index (χ4v) is 3.55. The standard InChI is InChI=1S/C25H25ClN2O2/c26-23-10-6-21(7-11-23)22-8-12-24(13-9-22)30-25(29)27-15-14-19-2-4-20(5-3-19)18-28-16-1-17-28/h2-13H,1,14-18H2,(H,27,29). The van der Waals surface area contributed by atoms with E-state index in [-0.39, 0.29) is 0 Å². The quantitative estimate of drug-likeness (QED) is 0.545. The van der Waals surface area contributed by atoms with Crippen molar-refractivity contribution >= 4 is 17.7 Å². The maximum atomic E-state index is 12.1. The molecule has 3 aromatic carbocycles. The molecule has 1 amide bonds. The van der Waals surface area contributed by atoms with Gasteiger partial charge in [-0.2, -0.15) is 0 Å². The zero-order chi connectivity index (χ0) is 20.8. The maximum absolute atomic E-state index is 12.1. The predicted molar refractivity (Wildman–Crippen MR) is 121 cm³/mol. The molecule has 0 aromatic heterocycles. The third-order valence-electron chi connectivity index (χ3n) is 5.30. The van der Waals surface area contributed by atoms with Gasteiger partial charge in [0.15, 0.2) is 0 Å². The molecule has 0 radical (unpaired) electrons. The van der Waals surface area contributed by atoms with E-state index in [4.69, 9.17) is 16.3 Å². The van der Waals surface area contributed by atoms with Crippen molar-refractivity contribution in [2.24, 2.45) is 0 Å². The van der Waals surface area contributed by atoms with Crippen molar-refractivity contribution in [2.75, 3.05) is 19.6 Å². The third-order valence-corrected chi connectivity index (χ3v) is 5.56. The van der Waals surface area contributed by atoms with Crippen molar-refractivity contribution < 1.29 is 9.53 Å². The largest absolute Gasteiger partial charge is 0.412 e. The molecule has 1 saturated heterocycles. The summed E-state index contributed by atoms with van der Waals surface area (Å²) >= 11 is 5.93. The molecule has 4 nitrogen and oxygen atoms in total. The molecule has 30 heavy (non-hydrogen) atoms. The van der Waals surface area contributed by atoms with Crippen LogP contribution in [0.15, 0.2) is 72.8 Å². The summed E-state index contributed by atoms with van der Waals surface area (Å²) in [7, 11) is 0. The molecule has 1 heterocycles. The van der Waals surface area contributed by atoms with Crippen molar-refractivity contribution in [3.05, 3.63) is 88.9 Å². The highest BCUT2D eigenvalue weighted by atomic mass is 35.5. The van der Waals surface area contributed by atoms with Gasteiger partial charge in [0.25, 0.3) is 0 Å². The molecule has 1 aliphatic heterocycles. The molecule has 4 rings (SSSR count). The number of ether oxygens (including phenoxy) is 1. The third kappa shape index (κ3) is 5.62. The predicted octanol–water partition coefficient (Wildman–Crippen LogP) is 5.54. The lowest BCUT2D eigenvalue weighted by atomic mass is 10.1. The fourth-order valence-electron chi connectivity index (χ4n) is 3.42. The van der Waals surface area contributed by atoms with Crippen molar-refractivity contribution in [1.82, 2.24) is 10.2 Å². The number of benzene rings is 3. The summed E-state index contributed by atoms with van der Waals surface area (Å²) in [5, 5.41) is 3.52. The Balaban J connectivity index is 1.21. The average Bonchev–Trinajstić information content (AvgIpc) is 2.73. The van der Waals surface area contributed by atoms with Crippen molar-refractivity contribution in [3.63, 3.8) is 0 Å². The second kappa shape index (κ2) is 9.79. The van der Waals surface area contributed by atoms with Crippen LogP contribution in [0.1, 0.15) is 17.5 Å². The number of nitrogens with one attached hydrogen (secondary N) is 1. The molecule has 0 saturated carbocycles. The number of nitrogens with zero attached hydrogens (tertiary/aromatic N) is 1. The van der Waals surface area contributed by atoms with E-state index in [1.165, 1.54) is 30.6 Å². The van der Waals surface area contributed by atoms with Crippen LogP contribution in [0.3, 0.4) is 0 Å². The number of carbonyl (C=O) groups is 1. The number of hydrogen-bond acceptors (Lipinski definition) is 3. The highest BCUT2D eigenvalue weighted by Gasteiger charge is 2.13. The summed E-state index contributed by atoms with van der Waals surface area (Å²) < 4.78 is 5.37. The molecule has 1 N–H and O–H groups in total. The molecule has 5 heteroatoms. The first kappa shape index (κ1) is 20.5. The van der Waals surface area contributed by atoms with E-state index < -0.39 is 6.09 Å². The zero-order valence-corrected chi connectivity index (χ0v) is 17.6. The van der Waals surface area contributed by atoms with Gasteiger partial charge in [0.1, 0.15) is 5.75 Å². The molecule has 0 aliphatic carbocycles. The lowest BCUT2D eigenvalue weighted by Crippen LogP contribution is -2.36. The minimum absolute atomic E-state index is 0.441. The van der Waals surface area contributed by atoms with Crippen molar-refractivity contribution in [3.8, 4) is 16.9 Å². The summed E-state index contributed by atoms with van der Waals surface area (Å²) in [4.78, 5) is 14.5. The summed E-state index contributed by atoms with van der Waals surface area (Å²) in [6.07, 6.45) is 1.64. The van der Waals surface area contributed by atoms with E-state index in [1.54, 1.807) is 12.1 Å². The number of likely N-dealkylation sites (tertiary alicyclic amines) is 1. The van der Waals surface area contributed by atoms with Crippen LogP contribution in [-0.4, -0.2) is 30.6 Å². The number of rotatable bonds is 7. The first-order valence-electron chi connectivity index (χ1n) is 10.3. The molecule has 1 fully saturated rings. The van der Waals surface area contributed by atoms with Crippen LogP contribution in [0.2, 0.25) is 5.02 Å². The average molecular weight is 421 g/mol. The van der Waals surface area contributed by atoms with Gasteiger partial charge in [-0.1, -0.05) is 60.1 Å². The Morgan fingerprint density at radius 1 is 0.867 bits per heavy atom. The Morgan fingerprint density at radius 2 is 1.47 bits per heavy atom. The van der Waals surface area contributed by atoms with Crippen LogP contribution in [0.25, 0.3) is 11.1 Å². The molecular formula is C25H25ClN2O2. The normalized spacial score (nSPS) is 13.5. The van der Waals surface area contributed by atoms with E-state index in [1.807, 2.05) is 36.4 Å². The van der Waals surface area contributed by atoms with Gasteiger partial charge in [0, 0.05) is 18.1 Å². The van der Waals surface area contributed by atoms with Gasteiger partial charge in [-0.25, -0.2) is 4.79 Å². The Kier molecular flexibility index (Phi) is 6.67. The second-order valence-corrected chi connectivity index (χ2v) is 7.98. The summed E-state index contributed by atoms with van der Waals surface area (Å²) in [5.74, 6) is 0.514. The highest BCUT2D eigenvalue weighted by Crippen LogP contribution is 2.24. The fraction of sp³-hybridized carbons (Fsp3) is 0.240. The van der Waals surface area contributed by atoms with E-state index in [0.29, 0.717) is 17.3 Å². The molecule has 154 valence electrons. The lowest BCUT2D eigenvalue weighted by Gasteiger charge is -2.30. The van der Waals surface area contributed by atoms with Gasteiger partial charge < -0.3 is 10.1 Å². The van der Waals surface area contributed by atoms with E-state index in [0.717, 1.165) is 24.1 Å². The van der Waals surface area contributed by atoms with Gasteiger partial charge >= 0.3 is 6.09 Å². The smallest absolute Gasteiger partial charge is 0.410 e. The van der Waals surface area contributed by atoms with Gasteiger partial charge in [-0.05, 0) is 72.5 Å². The molecule has 3 aromatic rings. The van der Waals surface area contributed by atoms with Crippen LogP contribution >= 0.6 is 11.6 Å². The second-order valence-electron chi connectivity index (χ2n) is 7.54. The van der Waals surface area contributed by atoms with Crippen molar-refractivity contribution in [1.29, 1.82) is 0 Å². The number of amides is 1. The number of hydrogen-bond donors (Lipinski definition) is 1. The lowest BCUT2D eigenvalue weighted by molar-refractivity contribution is 0.172. The van der Waals surface area contributed by atoms with E-state index in [9.17, 15) is 4.79 Å².